The number of nitrogens with zero attached hydrogens (tertiary/aromatic N) is 1. The van der Waals surface area contributed by atoms with E-state index in [0.29, 0.717) is 5.56 Å². The van der Waals surface area contributed by atoms with E-state index >= 15 is 0 Å². The van der Waals surface area contributed by atoms with Crippen molar-refractivity contribution in [2.45, 2.75) is 38.1 Å². The molecule has 0 aliphatic heterocycles. The zero-order valence-corrected chi connectivity index (χ0v) is 19.7. The monoisotopic (exact) mass is 502 g/mol. The van der Waals surface area contributed by atoms with Crippen LogP contribution in [0.3, 0.4) is 0 Å². The van der Waals surface area contributed by atoms with Crippen LogP contribution in [0.25, 0.3) is 0 Å². The fraction of sp³-hybridized carbons (Fsp3) is 0.269. The summed E-state index contributed by atoms with van der Waals surface area (Å²) in [5, 5.41) is 12.5. The van der Waals surface area contributed by atoms with Gasteiger partial charge < -0.3 is 19.9 Å². The summed E-state index contributed by atoms with van der Waals surface area (Å²) in [6.45, 7) is 3.02. The van der Waals surface area contributed by atoms with Crippen molar-refractivity contribution in [1.29, 1.82) is 0 Å². The molecule has 3 aromatic rings. The molecule has 0 aliphatic rings. The van der Waals surface area contributed by atoms with Gasteiger partial charge >= 0.3 is 12.1 Å². The summed E-state index contributed by atoms with van der Waals surface area (Å²) < 4.78 is 49.6. The van der Waals surface area contributed by atoms with E-state index in [4.69, 9.17) is 9.47 Å². The van der Waals surface area contributed by atoms with Gasteiger partial charge in [-0.25, -0.2) is 9.78 Å². The summed E-state index contributed by atoms with van der Waals surface area (Å²) in [6.07, 6.45) is -4.00. The molecule has 0 spiro atoms. The van der Waals surface area contributed by atoms with Gasteiger partial charge in [0, 0.05) is 18.2 Å². The van der Waals surface area contributed by atoms with Crippen LogP contribution in [0.15, 0.2) is 66.9 Å². The smallest absolute Gasteiger partial charge is 0.416 e. The molecular weight excluding hydrogens is 477 g/mol. The molecule has 1 amide bonds. The lowest BCUT2D eigenvalue weighted by Crippen LogP contribution is -2.41. The minimum absolute atomic E-state index is 0.0428. The molecule has 0 bridgehead atoms. The second-order valence-electron chi connectivity index (χ2n) is 8.06. The van der Waals surface area contributed by atoms with Gasteiger partial charge in [-0.15, -0.1) is 0 Å². The first-order valence-electron chi connectivity index (χ1n) is 11.0. The van der Waals surface area contributed by atoms with E-state index in [-0.39, 0.29) is 11.4 Å². The third-order valence-corrected chi connectivity index (χ3v) is 5.55. The van der Waals surface area contributed by atoms with Crippen molar-refractivity contribution >= 4 is 11.9 Å². The number of rotatable bonds is 8. The van der Waals surface area contributed by atoms with Crippen molar-refractivity contribution in [3.8, 4) is 11.5 Å². The summed E-state index contributed by atoms with van der Waals surface area (Å²) in [5.74, 6) is -2.58. The van der Waals surface area contributed by atoms with E-state index in [1.165, 1.54) is 38.4 Å². The van der Waals surface area contributed by atoms with E-state index in [1.807, 2.05) is 0 Å². The first-order valence-corrected chi connectivity index (χ1v) is 11.0. The molecule has 2 N–H and O–H groups in total. The summed E-state index contributed by atoms with van der Waals surface area (Å²) in [4.78, 5) is 29.1. The Morgan fingerprint density at radius 3 is 2.17 bits per heavy atom. The van der Waals surface area contributed by atoms with E-state index in [0.717, 1.165) is 17.7 Å². The Hall–Kier alpha value is -4.08. The number of hydrogen-bond acceptors (Lipinski definition) is 6. The molecule has 190 valence electrons. The standard InChI is InChI=1S/C26H25F3N2O5/c1-15(31-24(33)22-23(32)20(35-3)13-14-30-22)25(34)36-16(2)21(17-7-5-4-6-8-17)18-9-11-19(12-10-18)26(27,28)29/h4-16,21,32H,1-3H3,(H,31,33)/t15-,16-,21-/m0/s1. The maximum atomic E-state index is 13.0. The number of alkyl halides is 3. The van der Waals surface area contributed by atoms with E-state index in [9.17, 15) is 27.9 Å². The Balaban J connectivity index is 1.77. The summed E-state index contributed by atoms with van der Waals surface area (Å²) in [6, 6.07) is 13.9. The Morgan fingerprint density at radius 1 is 0.972 bits per heavy atom. The fourth-order valence-electron chi connectivity index (χ4n) is 3.72. The van der Waals surface area contributed by atoms with E-state index in [1.54, 1.807) is 37.3 Å². The quantitative estimate of drug-likeness (QED) is 0.434. The number of ether oxygens (including phenoxy) is 2. The van der Waals surface area contributed by atoms with E-state index < -0.39 is 47.4 Å². The maximum absolute atomic E-state index is 13.0. The fourth-order valence-corrected chi connectivity index (χ4v) is 3.72. The van der Waals surface area contributed by atoms with Gasteiger partial charge in [-0.2, -0.15) is 13.2 Å². The molecule has 3 rings (SSSR count). The van der Waals surface area contributed by atoms with Crippen LogP contribution in [0.4, 0.5) is 13.2 Å². The van der Waals surface area contributed by atoms with Crippen molar-refractivity contribution in [3.05, 3.63) is 89.2 Å². The number of benzene rings is 2. The van der Waals surface area contributed by atoms with Crippen molar-refractivity contribution in [2.24, 2.45) is 0 Å². The molecule has 0 aliphatic carbocycles. The van der Waals surface area contributed by atoms with Gasteiger partial charge in [-0.05, 0) is 37.1 Å². The van der Waals surface area contributed by atoms with Gasteiger partial charge in [-0.1, -0.05) is 42.5 Å². The van der Waals surface area contributed by atoms with E-state index in [2.05, 4.69) is 10.3 Å². The number of amides is 1. The topological polar surface area (TPSA) is 97.8 Å². The molecule has 1 heterocycles. The van der Waals surface area contributed by atoms with Crippen LogP contribution in [0.5, 0.6) is 11.5 Å². The largest absolute Gasteiger partial charge is 0.503 e. The van der Waals surface area contributed by atoms with Gasteiger partial charge in [0.1, 0.15) is 12.1 Å². The van der Waals surface area contributed by atoms with Crippen molar-refractivity contribution < 1.29 is 37.3 Å². The van der Waals surface area contributed by atoms with Crippen LogP contribution in [0.2, 0.25) is 0 Å². The van der Waals surface area contributed by atoms with Crippen LogP contribution < -0.4 is 10.1 Å². The number of nitrogens with one attached hydrogen (secondary N) is 1. The van der Waals surface area contributed by atoms with Crippen LogP contribution >= 0.6 is 0 Å². The highest BCUT2D eigenvalue weighted by molar-refractivity contribution is 5.97. The van der Waals surface area contributed by atoms with Crippen molar-refractivity contribution in [2.75, 3.05) is 7.11 Å². The van der Waals surface area contributed by atoms with Gasteiger partial charge in [0.05, 0.1) is 12.7 Å². The number of pyridine rings is 1. The molecule has 3 atom stereocenters. The predicted octanol–water partition coefficient (Wildman–Crippen LogP) is 4.70. The van der Waals surface area contributed by atoms with Crippen molar-refractivity contribution in [3.63, 3.8) is 0 Å². The second-order valence-corrected chi connectivity index (χ2v) is 8.06. The number of halogens is 3. The first kappa shape index (κ1) is 26.5. The van der Waals surface area contributed by atoms with Crippen LogP contribution in [-0.2, 0) is 15.7 Å². The number of carbonyl (C=O) groups excluding carboxylic acids is 2. The highest BCUT2D eigenvalue weighted by Gasteiger charge is 2.32. The number of methoxy groups -OCH3 is 1. The number of carbonyl (C=O) groups is 2. The molecule has 0 unspecified atom stereocenters. The SMILES string of the molecule is COc1ccnc(C(=O)N[C@@H](C)C(=O)O[C@@H](C)[C@@H](c2ccccc2)c2ccc(C(F)(F)F)cc2)c1O. The predicted molar refractivity (Wildman–Crippen MR) is 125 cm³/mol. The van der Waals surface area contributed by atoms with Crippen LogP contribution in [0.1, 0.15) is 46.9 Å². The Labute approximate surface area is 205 Å². The zero-order valence-electron chi connectivity index (χ0n) is 19.7. The molecular formula is C26H25F3N2O5. The molecule has 0 radical (unpaired) electrons. The maximum Gasteiger partial charge on any atom is 0.416 e. The Bertz CT molecular complexity index is 1200. The Kier molecular flexibility index (Phi) is 8.18. The van der Waals surface area contributed by atoms with Gasteiger partial charge in [0.25, 0.3) is 5.91 Å². The summed E-state index contributed by atoms with van der Waals surface area (Å²) in [7, 11) is 1.32. The summed E-state index contributed by atoms with van der Waals surface area (Å²) >= 11 is 0. The average molecular weight is 502 g/mol. The number of esters is 1. The first-order chi connectivity index (χ1) is 17.0. The third-order valence-electron chi connectivity index (χ3n) is 5.55. The highest BCUT2D eigenvalue weighted by atomic mass is 19.4. The van der Waals surface area contributed by atoms with Gasteiger partial charge in [0.2, 0.25) is 0 Å². The average Bonchev–Trinajstić information content (AvgIpc) is 2.84. The lowest BCUT2D eigenvalue weighted by molar-refractivity contribution is -0.150. The minimum Gasteiger partial charge on any atom is -0.503 e. The molecule has 1 aromatic heterocycles. The molecule has 0 saturated heterocycles. The molecule has 7 nitrogen and oxygen atoms in total. The summed E-state index contributed by atoms with van der Waals surface area (Å²) in [5.41, 5.74) is 0.152. The number of aromatic hydroxyl groups is 1. The lowest BCUT2D eigenvalue weighted by atomic mass is 9.86. The second kappa shape index (κ2) is 11.1. The lowest BCUT2D eigenvalue weighted by Gasteiger charge is -2.27. The normalized spacial score (nSPS) is 13.8. The number of aromatic nitrogens is 1. The highest BCUT2D eigenvalue weighted by Crippen LogP contribution is 2.34. The molecule has 2 aromatic carbocycles. The zero-order chi connectivity index (χ0) is 26.5. The van der Waals surface area contributed by atoms with Crippen LogP contribution in [-0.4, -0.2) is 41.2 Å². The Morgan fingerprint density at radius 2 is 1.58 bits per heavy atom. The third kappa shape index (κ3) is 6.12. The van der Waals surface area contributed by atoms with Crippen molar-refractivity contribution in [1.82, 2.24) is 10.3 Å². The molecule has 0 fully saturated rings. The molecule has 36 heavy (non-hydrogen) atoms. The minimum atomic E-state index is -4.47. The molecule has 0 saturated carbocycles. The van der Waals surface area contributed by atoms with Gasteiger partial charge in [-0.3, -0.25) is 4.79 Å². The van der Waals surface area contributed by atoms with Gasteiger partial charge in [0.15, 0.2) is 17.2 Å². The molecule has 10 heteroatoms. The number of hydrogen-bond donors (Lipinski definition) is 2. The van der Waals surface area contributed by atoms with Crippen LogP contribution in [0, 0.1) is 0 Å².